The van der Waals surface area contributed by atoms with Gasteiger partial charge in [-0.05, 0) is 72.9 Å². The summed E-state index contributed by atoms with van der Waals surface area (Å²) in [7, 11) is 0. The van der Waals surface area contributed by atoms with E-state index in [1.807, 2.05) is 0 Å². The predicted octanol–water partition coefficient (Wildman–Crippen LogP) is 5.51. The van der Waals surface area contributed by atoms with Crippen molar-refractivity contribution in [2.24, 2.45) is 0 Å². The molecule has 0 heterocycles. The molecular formula is C19H21Cl. The van der Waals surface area contributed by atoms with E-state index in [2.05, 4.69) is 50.2 Å². The summed E-state index contributed by atoms with van der Waals surface area (Å²) in [4.78, 5) is 0. The molecule has 0 fully saturated rings. The summed E-state index contributed by atoms with van der Waals surface area (Å²) in [6.45, 7) is 4.30. The summed E-state index contributed by atoms with van der Waals surface area (Å²) in [5, 5.41) is -0.0385. The normalized spacial score (nSPS) is 15.8. The van der Waals surface area contributed by atoms with Crippen molar-refractivity contribution in [3.8, 4) is 0 Å². The minimum atomic E-state index is -0.0385. The quantitative estimate of drug-likeness (QED) is 0.638. The van der Waals surface area contributed by atoms with Crippen LogP contribution < -0.4 is 0 Å². The standard InChI is InChI=1S/C19H21Cl/c1-13-6-5-7-14(2)18(13)19(20)17-11-10-15-8-3-4-9-16(15)12-17/h5-7,10-12,19H,3-4,8-9H2,1-2H3. The highest BCUT2D eigenvalue weighted by Crippen LogP contribution is 2.35. The van der Waals surface area contributed by atoms with Crippen LogP contribution in [0.15, 0.2) is 36.4 Å². The van der Waals surface area contributed by atoms with Crippen molar-refractivity contribution in [1.82, 2.24) is 0 Å². The third-order valence-electron chi connectivity index (χ3n) is 4.46. The van der Waals surface area contributed by atoms with Crippen LogP contribution in [-0.2, 0) is 12.8 Å². The fourth-order valence-corrected chi connectivity index (χ4v) is 3.78. The molecule has 1 aliphatic rings. The number of aryl methyl sites for hydroxylation is 4. The Labute approximate surface area is 126 Å². The molecule has 2 aromatic rings. The maximum absolute atomic E-state index is 6.78. The van der Waals surface area contributed by atoms with Gasteiger partial charge < -0.3 is 0 Å². The first-order valence-electron chi connectivity index (χ1n) is 7.48. The molecule has 2 aromatic carbocycles. The zero-order valence-electron chi connectivity index (χ0n) is 12.2. The van der Waals surface area contributed by atoms with Gasteiger partial charge in [0.25, 0.3) is 0 Å². The molecule has 0 nitrogen and oxygen atoms in total. The molecule has 0 saturated carbocycles. The summed E-state index contributed by atoms with van der Waals surface area (Å²) in [6, 6.07) is 13.2. The van der Waals surface area contributed by atoms with E-state index >= 15 is 0 Å². The highest BCUT2D eigenvalue weighted by atomic mass is 35.5. The van der Waals surface area contributed by atoms with Crippen LogP contribution in [0, 0.1) is 13.8 Å². The minimum absolute atomic E-state index is 0.0385. The summed E-state index contributed by atoms with van der Waals surface area (Å²) in [6.07, 6.45) is 5.08. The zero-order valence-corrected chi connectivity index (χ0v) is 13.0. The highest BCUT2D eigenvalue weighted by molar-refractivity contribution is 6.22. The van der Waals surface area contributed by atoms with Crippen molar-refractivity contribution >= 4 is 11.6 Å². The Balaban J connectivity index is 2.00. The van der Waals surface area contributed by atoms with Crippen molar-refractivity contribution in [2.75, 3.05) is 0 Å². The zero-order chi connectivity index (χ0) is 14.1. The van der Waals surface area contributed by atoms with Gasteiger partial charge in [0.1, 0.15) is 0 Å². The lowest BCUT2D eigenvalue weighted by molar-refractivity contribution is 0.684. The first-order chi connectivity index (χ1) is 9.66. The first-order valence-corrected chi connectivity index (χ1v) is 7.92. The average Bonchev–Trinajstić information content (AvgIpc) is 2.46. The molecule has 1 aliphatic carbocycles. The van der Waals surface area contributed by atoms with Crippen LogP contribution in [0.2, 0.25) is 0 Å². The van der Waals surface area contributed by atoms with E-state index in [1.54, 1.807) is 0 Å². The molecule has 1 atom stereocenters. The lowest BCUT2D eigenvalue weighted by atomic mass is 9.88. The van der Waals surface area contributed by atoms with Crippen LogP contribution in [0.5, 0.6) is 0 Å². The summed E-state index contributed by atoms with van der Waals surface area (Å²) in [5.74, 6) is 0. The molecule has 0 amide bonds. The van der Waals surface area contributed by atoms with Crippen molar-refractivity contribution in [3.63, 3.8) is 0 Å². The van der Waals surface area contributed by atoms with Crippen LogP contribution in [0.3, 0.4) is 0 Å². The molecule has 0 aliphatic heterocycles. The Hall–Kier alpha value is -1.27. The van der Waals surface area contributed by atoms with Gasteiger partial charge in [0, 0.05) is 0 Å². The van der Waals surface area contributed by atoms with E-state index in [9.17, 15) is 0 Å². The molecular weight excluding hydrogens is 264 g/mol. The summed E-state index contributed by atoms with van der Waals surface area (Å²) in [5.41, 5.74) is 8.09. The smallest absolute Gasteiger partial charge is 0.0840 e. The highest BCUT2D eigenvalue weighted by Gasteiger charge is 2.17. The average molecular weight is 285 g/mol. The van der Waals surface area contributed by atoms with E-state index < -0.39 is 0 Å². The molecule has 0 bridgehead atoms. The molecule has 20 heavy (non-hydrogen) atoms. The minimum Gasteiger partial charge on any atom is -0.113 e. The van der Waals surface area contributed by atoms with Gasteiger partial charge in [-0.25, -0.2) is 0 Å². The Morgan fingerprint density at radius 2 is 1.55 bits per heavy atom. The van der Waals surface area contributed by atoms with Gasteiger partial charge in [0.15, 0.2) is 0 Å². The molecule has 1 unspecified atom stereocenters. The van der Waals surface area contributed by atoms with Gasteiger partial charge in [-0.1, -0.05) is 36.4 Å². The van der Waals surface area contributed by atoms with E-state index in [1.165, 1.54) is 59.1 Å². The largest absolute Gasteiger partial charge is 0.113 e. The van der Waals surface area contributed by atoms with Gasteiger partial charge in [0.2, 0.25) is 0 Å². The van der Waals surface area contributed by atoms with Crippen LogP contribution in [0.4, 0.5) is 0 Å². The summed E-state index contributed by atoms with van der Waals surface area (Å²) >= 11 is 6.78. The second-order valence-corrected chi connectivity index (χ2v) is 6.34. The van der Waals surface area contributed by atoms with E-state index in [0.29, 0.717) is 0 Å². The van der Waals surface area contributed by atoms with Gasteiger partial charge in [-0.15, -0.1) is 11.6 Å². The first kappa shape index (κ1) is 13.7. The second-order valence-electron chi connectivity index (χ2n) is 5.90. The third-order valence-corrected chi connectivity index (χ3v) is 4.93. The predicted molar refractivity (Wildman–Crippen MR) is 86.7 cm³/mol. The van der Waals surface area contributed by atoms with Crippen LogP contribution in [0.25, 0.3) is 0 Å². The van der Waals surface area contributed by atoms with Crippen LogP contribution >= 0.6 is 11.6 Å². The number of fused-ring (bicyclic) bond motifs is 1. The number of alkyl halides is 1. The maximum Gasteiger partial charge on any atom is 0.0840 e. The number of hydrogen-bond acceptors (Lipinski definition) is 0. The lowest BCUT2D eigenvalue weighted by Crippen LogP contribution is -2.05. The number of hydrogen-bond donors (Lipinski definition) is 0. The van der Waals surface area contributed by atoms with Crippen molar-refractivity contribution < 1.29 is 0 Å². The van der Waals surface area contributed by atoms with Crippen molar-refractivity contribution in [1.29, 1.82) is 0 Å². The maximum atomic E-state index is 6.78. The third kappa shape index (κ3) is 2.50. The molecule has 0 aromatic heterocycles. The van der Waals surface area contributed by atoms with Gasteiger partial charge in [0.05, 0.1) is 5.38 Å². The Morgan fingerprint density at radius 1 is 0.900 bits per heavy atom. The van der Waals surface area contributed by atoms with Crippen molar-refractivity contribution in [3.05, 3.63) is 69.8 Å². The second kappa shape index (κ2) is 5.61. The monoisotopic (exact) mass is 284 g/mol. The Bertz CT molecular complexity index is 607. The van der Waals surface area contributed by atoms with E-state index in [0.717, 1.165) is 0 Å². The molecule has 1 heteroatoms. The molecule has 0 spiro atoms. The van der Waals surface area contributed by atoms with Gasteiger partial charge in [-0.2, -0.15) is 0 Å². The number of rotatable bonds is 2. The number of benzene rings is 2. The molecule has 3 rings (SSSR count). The Morgan fingerprint density at radius 3 is 2.25 bits per heavy atom. The van der Waals surface area contributed by atoms with Crippen LogP contribution in [-0.4, -0.2) is 0 Å². The van der Waals surface area contributed by atoms with Gasteiger partial charge >= 0.3 is 0 Å². The molecule has 0 radical (unpaired) electrons. The SMILES string of the molecule is Cc1cccc(C)c1C(Cl)c1ccc2c(c1)CCCC2. The molecule has 0 saturated heterocycles. The topological polar surface area (TPSA) is 0 Å². The molecule has 0 N–H and O–H groups in total. The van der Waals surface area contributed by atoms with E-state index in [4.69, 9.17) is 11.6 Å². The van der Waals surface area contributed by atoms with Crippen LogP contribution in [0.1, 0.15) is 51.6 Å². The van der Waals surface area contributed by atoms with E-state index in [-0.39, 0.29) is 5.38 Å². The lowest BCUT2D eigenvalue weighted by Gasteiger charge is -2.20. The summed E-state index contributed by atoms with van der Waals surface area (Å²) < 4.78 is 0. The number of halogens is 1. The van der Waals surface area contributed by atoms with Gasteiger partial charge in [-0.3, -0.25) is 0 Å². The van der Waals surface area contributed by atoms with Crippen molar-refractivity contribution in [2.45, 2.75) is 44.9 Å². The molecule has 104 valence electrons. The fourth-order valence-electron chi connectivity index (χ4n) is 3.30. The Kier molecular flexibility index (Phi) is 3.85. The fraction of sp³-hybridized carbons (Fsp3) is 0.368.